The quantitative estimate of drug-likeness (QED) is 0.686. The van der Waals surface area contributed by atoms with Crippen LogP contribution in [-0.4, -0.2) is 41.3 Å². The highest BCUT2D eigenvalue weighted by atomic mass is 35.5. The SMILES string of the molecule is Cn1c(=O)n(C)c2cc(N3CCOCC3)c(NC(=O)c3ccc(Cl)cc3Cl)cc21. The van der Waals surface area contributed by atoms with Crippen LogP contribution in [0.5, 0.6) is 0 Å². The molecule has 2 heterocycles. The summed E-state index contributed by atoms with van der Waals surface area (Å²) in [5.41, 5.74) is 3.16. The number of amides is 1. The van der Waals surface area contributed by atoms with Gasteiger partial charge in [0.2, 0.25) is 0 Å². The number of anilines is 2. The summed E-state index contributed by atoms with van der Waals surface area (Å²) in [7, 11) is 3.44. The van der Waals surface area contributed by atoms with Crippen molar-refractivity contribution in [1.29, 1.82) is 0 Å². The van der Waals surface area contributed by atoms with Crippen molar-refractivity contribution in [2.24, 2.45) is 14.1 Å². The second kappa shape index (κ2) is 7.74. The first-order chi connectivity index (χ1) is 13.9. The Bertz CT molecular complexity index is 1160. The Kier molecular flexibility index (Phi) is 5.29. The lowest BCUT2D eigenvalue weighted by Crippen LogP contribution is -2.36. The molecule has 0 radical (unpaired) electrons. The molecule has 2 aromatic carbocycles. The van der Waals surface area contributed by atoms with Crippen molar-refractivity contribution in [3.8, 4) is 0 Å². The van der Waals surface area contributed by atoms with Gasteiger partial charge in [-0.05, 0) is 30.3 Å². The minimum atomic E-state index is -0.346. The number of aromatic nitrogens is 2. The molecule has 9 heteroatoms. The van der Waals surface area contributed by atoms with Crippen LogP contribution in [0.1, 0.15) is 10.4 Å². The predicted octanol–water partition coefficient (Wildman–Crippen LogP) is 3.27. The van der Waals surface area contributed by atoms with E-state index < -0.39 is 0 Å². The molecule has 0 bridgehead atoms. The number of morpholine rings is 1. The van der Waals surface area contributed by atoms with Crippen LogP contribution in [-0.2, 0) is 18.8 Å². The Labute approximate surface area is 177 Å². The third-order valence-corrected chi connectivity index (χ3v) is 5.71. The number of nitrogens with one attached hydrogen (secondary N) is 1. The molecule has 0 atom stereocenters. The monoisotopic (exact) mass is 434 g/mol. The van der Waals surface area contributed by atoms with E-state index >= 15 is 0 Å². The average molecular weight is 435 g/mol. The highest BCUT2D eigenvalue weighted by molar-refractivity contribution is 6.37. The lowest BCUT2D eigenvalue weighted by atomic mass is 10.1. The third-order valence-electron chi connectivity index (χ3n) is 5.17. The summed E-state index contributed by atoms with van der Waals surface area (Å²) in [6.45, 7) is 2.58. The number of ether oxygens (including phenoxy) is 1. The summed E-state index contributed by atoms with van der Waals surface area (Å²) in [4.78, 5) is 27.4. The standard InChI is InChI=1S/C20H20Cl2N4O3/c1-24-17-10-15(23-19(27)13-4-3-12(21)9-14(13)22)16(26-5-7-29-8-6-26)11-18(17)25(2)20(24)28/h3-4,9-11H,5-8H2,1-2H3,(H,23,27). The fraction of sp³-hybridized carbons (Fsp3) is 0.300. The van der Waals surface area contributed by atoms with Gasteiger partial charge in [-0.25, -0.2) is 4.79 Å². The van der Waals surface area contributed by atoms with Gasteiger partial charge >= 0.3 is 5.69 Å². The van der Waals surface area contributed by atoms with Crippen molar-refractivity contribution in [3.05, 3.63) is 56.4 Å². The van der Waals surface area contributed by atoms with Crippen molar-refractivity contribution < 1.29 is 9.53 Å². The zero-order valence-electron chi connectivity index (χ0n) is 16.0. The molecule has 0 unspecified atom stereocenters. The van der Waals surface area contributed by atoms with Crippen LogP contribution in [0, 0.1) is 0 Å². The fourth-order valence-corrected chi connectivity index (χ4v) is 4.06. The topological polar surface area (TPSA) is 68.5 Å². The van der Waals surface area contributed by atoms with E-state index in [0.29, 0.717) is 42.6 Å². The highest BCUT2D eigenvalue weighted by Crippen LogP contribution is 2.32. The van der Waals surface area contributed by atoms with E-state index in [1.807, 2.05) is 12.1 Å². The van der Waals surface area contributed by atoms with E-state index in [2.05, 4.69) is 10.2 Å². The maximum absolute atomic E-state index is 12.9. The summed E-state index contributed by atoms with van der Waals surface area (Å²) in [6, 6.07) is 8.50. The number of hydrogen-bond acceptors (Lipinski definition) is 4. The average Bonchev–Trinajstić information content (AvgIpc) is 2.91. The van der Waals surface area contributed by atoms with Crippen LogP contribution in [0.25, 0.3) is 11.0 Å². The maximum atomic E-state index is 12.9. The highest BCUT2D eigenvalue weighted by Gasteiger charge is 2.21. The summed E-state index contributed by atoms with van der Waals surface area (Å²) in [6.07, 6.45) is 0. The molecule has 1 N–H and O–H groups in total. The number of nitrogens with zero attached hydrogens (tertiary/aromatic N) is 3. The minimum absolute atomic E-state index is 0.128. The van der Waals surface area contributed by atoms with E-state index in [9.17, 15) is 9.59 Å². The van der Waals surface area contributed by atoms with Gasteiger partial charge in [-0.15, -0.1) is 0 Å². The van der Waals surface area contributed by atoms with E-state index in [1.165, 1.54) is 6.07 Å². The van der Waals surface area contributed by atoms with Gasteiger partial charge in [0.25, 0.3) is 5.91 Å². The number of benzene rings is 2. The first-order valence-corrected chi connectivity index (χ1v) is 9.91. The number of fused-ring (bicyclic) bond motifs is 1. The normalized spacial score (nSPS) is 14.4. The van der Waals surface area contributed by atoms with E-state index in [1.54, 1.807) is 35.4 Å². The zero-order valence-corrected chi connectivity index (χ0v) is 17.5. The van der Waals surface area contributed by atoms with Crippen LogP contribution >= 0.6 is 23.2 Å². The van der Waals surface area contributed by atoms with E-state index in [-0.39, 0.29) is 16.6 Å². The van der Waals surface area contributed by atoms with Crippen LogP contribution in [0.3, 0.4) is 0 Å². The number of halogens is 2. The summed E-state index contributed by atoms with van der Waals surface area (Å²) >= 11 is 12.1. The number of hydrogen-bond donors (Lipinski definition) is 1. The van der Waals surface area contributed by atoms with Crippen molar-refractivity contribution >= 4 is 51.5 Å². The van der Waals surface area contributed by atoms with Crippen LogP contribution in [0.2, 0.25) is 10.0 Å². The summed E-state index contributed by atoms with van der Waals surface area (Å²) < 4.78 is 8.61. The van der Waals surface area contributed by atoms with Gasteiger partial charge in [0, 0.05) is 32.2 Å². The summed E-state index contributed by atoms with van der Waals surface area (Å²) in [5.74, 6) is -0.346. The molecule has 7 nitrogen and oxygen atoms in total. The summed E-state index contributed by atoms with van der Waals surface area (Å²) in [5, 5.41) is 3.69. The zero-order chi connectivity index (χ0) is 20.7. The lowest BCUT2D eigenvalue weighted by Gasteiger charge is -2.30. The molecule has 1 fully saturated rings. The molecular weight excluding hydrogens is 415 g/mol. The van der Waals surface area contributed by atoms with Crippen molar-refractivity contribution in [2.45, 2.75) is 0 Å². The molecule has 3 aromatic rings. The van der Waals surface area contributed by atoms with Crippen molar-refractivity contribution in [2.75, 3.05) is 36.5 Å². The Morgan fingerprint density at radius 3 is 2.34 bits per heavy atom. The molecular formula is C20H20Cl2N4O3. The van der Waals surface area contributed by atoms with Crippen LogP contribution in [0.4, 0.5) is 11.4 Å². The van der Waals surface area contributed by atoms with Crippen LogP contribution in [0.15, 0.2) is 35.1 Å². The number of imidazole rings is 1. The van der Waals surface area contributed by atoms with E-state index in [0.717, 1.165) is 16.7 Å². The molecule has 1 aliphatic rings. The molecule has 4 rings (SSSR count). The Hall–Kier alpha value is -2.48. The fourth-order valence-electron chi connectivity index (χ4n) is 3.56. The molecule has 29 heavy (non-hydrogen) atoms. The maximum Gasteiger partial charge on any atom is 0.328 e. The molecule has 0 spiro atoms. The largest absolute Gasteiger partial charge is 0.378 e. The number of rotatable bonds is 3. The molecule has 152 valence electrons. The third kappa shape index (κ3) is 3.61. The first-order valence-electron chi connectivity index (χ1n) is 9.15. The van der Waals surface area contributed by atoms with Gasteiger partial charge in [-0.1, -0.05) is 23.2 Å². The smallest absolute Gasteiger partial charge is 0.328 e. The predicted molar refractivity (Wildman–Crippen MR) is 116 cm³/mol. The van der Waals surface area contributed by atoms with Crippen molar-refractivity contribution in [1.82, 2.24) is 9.13 Å². The molecule has 1 aliphatic heterocycles. The minimum Gasteiger partial charge on any atom is -0.378 e. The van der Waals surface area contributed by atoms with Gasteiger partial charge in [0.05, 0.1) is 46.2 Å². The first kappa shape index (κ1) is 19.8. The number of aryl methyl sites for hydroxylation is 2. The van der Waals surface area contributed by atoms with Crippen LogP contribution < -0.4 is 15.9 Å². The van der Waals surface area contributed by atoms with Gasteiger partial charge in [0.1, 0.15) is 0 Å². The number of carbonyl (C=O) groups is 1. The molecule has 0 aliphatic carbocycles. The molecule has 1 aromatic heterocycles. The Morgan fingerprint density at radius 2 is 1.69 bits per heavy atom. The number of carbonyl (C=O) groups excluding carboxylic acids is 1. The van der Waals surface area contributed by atoms with Crippen molar-refractivity contribution in [3.63, 3.8) is 0 Å². The Balaban J connectivity index is 1.81. The van der Waals surface area contributed by atoms with Gasteiger partial charge in [-0.2, -0.15) is 0 Å². The van der Waals surface area contributed by atoms with Gasteiger partial charge in [-0.3, -0.25) is 13.9 Å². The second-order valence-corrected chi connectivity index (χ2v) is 7.78. The lowest BCUT2D eigenvalue weighted by molar-refractivity contribution is 0.102. The Morgan fingerprint density at radius 1 is 1.03 bits per heavy atom. The molecule has 1 saturated heterocycles. The molecule has 1 amide bonds. The second-order valence-electron chi connectivity index (χ2n) is 6.94. The van der Waals surface area contributed by atoms with Gasteiger partial charge < -0.3 is 15.0 Å². The van der Waals surface area contributed by atoms with E-state index in [4.69, 9.17) is 27.9 Å². The van der Waals surface area contributed by atoms with Gasteiger partial charge in [0.15, 0.2) is 0 Å². The molecule has 0 saturated carbocycles.